The summed E-state index contributed by atoms with van der Waals surface area (Å²) in [4.78, 5) is 0. The van der Waals surface area contributed by atoms with Crippen LogP contribution in [0.3, 0.4) is 0 Å². The molecule has 0 fully saturated rings. The van der Waals surface area contributed by atoms with Crippen molar-refractivity contribution in [2.24, 2.45) is 0 Å². The summed E-state index contributed by atoms with van der Waals surface area (Å²) >= 11 is 1.98. The van der Waals surface area contributed by atoms with Gasteiger partial charge in [-0.3, -0.25) is 5.32 Å². The predicted octanol–water partition coefficient (Wildman–Crippen LogP) is 3.58. The highest BCUT2D eigenvalue weighted by Gasteiger charge is 2.27. The third kappa shape index (κ3) is 6.40. The average Bonchev–Trinajstić information content (AvgIpc) is 2.15. The summed E-state index contributed by atoms with van der Waals surface area (Å²) in [7, 11) is 0. The van der Waals surface area contributed by atoms with Gasteiger partial charge in [0.05, 0.1) is 6.07 Å². The Morgan fingerprint density at radius 1 is 1.25 bits per heavy atom. The molecule has 0 spiro atoms. The summed E-state index contributed by atoms with van der Waals surface area (Å²) in [5.41, 5.74) is -0.395. The molecule has 0 aliphatic carbocycles. The zero-order valence-corrected chi connectivity index (χ0v) is 12.3. The largest absolute Gasteiger partial charge is 0.297 e. The minimum absolute atomic E-state index is 0.352. The van der Waals surface area contributed by atoms with Gasteiger partial charge in [0.15, 0.2) is 0 Å². The fraction of sp³-hybridized carbons (Fsp3) is 0.923. The second-order valence-corrected chi connectivity index (χ2v) is 6.99. The lowest BCUT2D eigenvalue weighted by atomic mass is 9.97. The minimum atomic E-state index is -0.395. The van der Waals surface area contributed by atoms with E-state index in [1.54, 1.807) is 0 Å². The van der Waals surface area contributed by atoms with Crippen molar-refractivity contribution in [2.75, 3.05) is 0 Å². The van der Waals surface area contributed by atoms with Gasteiger partial charge in [-0.1, -0.05) is 20.8 Å². The van der Waals surface area contributed by atoms with E-state index >= 15 is 0 Å². The molecule has 94 valence electrons. The van der Waals surface area contributed by atoms with Gasteiger partial charge in [0.2, 0.25) is 0 Å². The van der Waals surface area contributed by atoms with E-state index in [9.17, 15) is 5.26 Å². The Labute approximate surface area is 105 Å². The van der Waals surface area contributed by atoms with E-state index in [2.05, 4.69) is 46.0 Å². The standard InChI is InChI=1S/C13H26N2S/c1-7-11(4)16-12(5)8-13(6,9-14)15-10(2)3/h10-12,15H,7-8H2,1-6H3. The number of nitriles is 1. The molecule has 0 saturated heterocycles. The number of nitrogens with one attached hydrogen (secondary N) is 1. The number of hydrogen-bond acceptors (Lipinski definition) is 3. The molecule has 0 aromatic carbocycles. The van der Waals surface area contributed by atoms with Crippen LogP contribution < -0.4 is 5.32 Å². The Hall–Kier alpha value is -0.200. The van der Waals surface area contributed by atoms with Gasteiger partial charge >= 0.3 is 0 Å². The lowest BCUT2D eigenvalue weighted by Gasteiger charge is -2.29. The number of hydrogen-bond donors (Lipinski definition) is 1. The topological polar surface area (TPSA) is 35.8 Å². The van der Waals surface area contributed by atoms with Crippen molar-refractivity contribution in [2.45, 2.75) is 76.5 Å². The van der Waals surface area contributed by atoms with Crippen molar-refractivity contribution >= 4 is 11.8 Å². The maximum atomic E-state index is 9.25. The Balaban J connectivity index is 4.26. The van der Waals surface area contributed by atoms with Gasteiger partial charge in [0.1, 0.15) is 5.54 Å². The Morgan fingerprint density at radius 2 is 1.81 bits per heavy atom. The number of thioether (sulfide) groups is 1. The third-order valence-electron chi connectivity index (χ3n) is 2.59. The second kappa shape index (κ2) is 7.19. The van der Waals surface area contributed by atoms with Gasteiger partial charge in [-0.25, -0.2) is 0 Å². The Kier molecular flexibility index (Phi) is 7.10. The molecule has 3 unspecified atom stereocenters. The van der Waals surface area contributed by atoms with Gasteiger partial charge in [0.25, 0.3) is 0 Å². The predicted molar refractivity (Wildman–Crippen MR) is 73.7 cm³/mol. The van der Waals surface area contributed by atoms with Crippen LogP contribution in [-0.2, 0) is 0 Å². The second-order valence-electron chi connectivity index (χ2n) is 5.11. The van der Waals surface area contributed by atoms with Crippen LogP contribution in [0.5, 0.6) is 0 Å². The van der Waals surface area contributed by atoms with E-state index in [1.165, 1.54) is 6.42 Å². The summed E-state index contributed by atoms with van der Waals surface area (Å²) in [6.07, 6.45) is 2.09. The van der Waals surface area contributed by atoms with E-state index in [4.69, 9.17) is 0 Å². The molecule has 0 heterocycles. The fourth-order valence-corrected chi connectivity index (χ4v) is 3.30. The lowest BCUT2D eigenvalue weighted by Crippen LogP contribution is -2.46. The highest BCUT2D eigenvalue weighted by molar-refractivity contribution is 8.00. The highest BCUT2D eigenvalue weighted by Crippen LogP contribution is 2.26. The first-order valence-electron chi connectivity index (χ1n) is 6.17. The van der Waals surface area contributed by atoms with Gasteiger partial charge in [-0.2, -0.15) is 17.0 Å². The SMILES string of the molecule is CCC(C)SC(C)CC(C)(C#N)NC(C)C. The lowest BCUT2D eigenvalue weighted by molar-refractivity contribution is 0.382. The molecule has 0 bridgehead atoms. The van der Waals surface area contributed by atoms with Crippen molar-refractivity contribution in [3.05, 3.63) is 0 Å². The van der Waals surface area contributed by atoms with Crippen LogP contribution in [0.15, 0.2) is 0 Å². The molecule has 0 amide bonds. The van der Waals surface area contributed by atoms with Gasteiger partial charge in [0, 0.05) is 16.5 Å². The number of nitrogens with zero attached hydrogens (tertiary/aromatic N) is 1. The molecular formula is C13H26N2S. The first-order chi connectivity index (χ1) is 7.33. The Bertz CT molecular complexity index is 235. The average molecular weight is 242 g/mol. The van der Waals surface area contributed by atoms with E-state index in [0.717, 1.165) is 6.42 Å². The highest BCUT2D eigenvalue weighted by atomic mass is 32.2. The van der Waals surface area contributed by atoms with Gasteiger partial charge in [-0.15, -0.1) is 0 Å². The van der Waals surface area contributed by atoms with Crippen molar-refractivity contribution < 1.29 is 0 Å². The van der Waals surface area contributed by atoms with Crippen LogP contribution in [-0.4, -0.2) is 22.1 Å². The molecule has 1 N–H and O–H groups in total. The van der Waals surface area contributed by atoms with Crippen LogP contribution in [0.2, 0.25) is 0 Å². The molecular weight excluding hydrogens is 216 g/mol. The Morgan fingerprint density at radius 3 is 2.19 bits per heavy atom. The van der Waals surface area contributed by atoms with Crippen molar-refractivity contribution in [1.82, 2.24) is 5.32 Å². The summed E-state index contributed by atoms with van der Waals surface area (Å²) in [6, 6.07) is 2.76. The first-order valence-corrected chi connectivity index (χ1v) is 7.11. The number of rotatable bonds is 7. The van der Waals surface area contributed by atoms with Gasteiger partial charge in [-0.05, 0) is 33.6 Å². The van der Waals surface area contributed by atoms with Crippen molar-refractivity contribution in [3.8, 4) is 6.07 Å². The molecule has 0 aromatic rings. The monoisotopic (exact) mass is 242 g/mol. The molecule has 3 heteroatoms. The summed E-state index contributed by atoms with van der Waals surface area (Å²) in [6.45, 7) is 12.8. The maximum absolute atomic E-state index is 9.25. The molecule has 16 heavy (non-hydrogen) atoms. The smallest absolute Gasteiger partial charge is 0.105 e. The van der Waals surface area contributed by atoms with E-state index in [0.29, 0.717) is 16.5 Å². The van der Waals surface area contributed by atoms with Crippen molar-refractivity contribution in [3.63, 3.8) is 0 Å². The summed E-state index contributed by atoms with van der Waals surface area (Å²) in [5, 5.41) is 13.8. The molecule has 0 aromatic heterocycles. The fourth-order valence-electron chi connectivity index (χ4n) is 1.89. The summed E-state index contributed by atoms with van der Waals surface area (Å²) < 4.78 is 0. The van der Waals surface area contributed by atoms with Crippen LogP contribution in [0.4, 0.5) is 0 Å². The van der Waals surface area contributed by atoms with E-state index in [1.807, 2.05) is 18.7 Å². The molecule has 0 aliphatic heterocycles. The van der Waals surface area contributed by atoms with E-state index < -0.39 is 5.54 Å². The summed E-state index contributed by atoms with van der Waals surface area (Å²) in [5.74, 6) is 0. The first kappa shape index (κ1) is 15.8. The van der Waals surface area contributed by atoms with E-state index in [-0.39, 0.29) is 0 Å². The van der Waals surface area contributed by atoms with Crippen LogP contribution in [0, 0.1) is 11.3 Å². The van der Waals surface area contributed by atoms with Crippen molar-refractivity contribution in [1.29, 1.82) is 5.26 Å². The quantitative estimate of drug-likeness (QED) is 0.741. The molecule has 0 saturated carbocycles. The molecule has 0 rings (SSSR count). The maximum Gasteiger partial charge on any atom is 0.105 e. The normalized spacial score (nSPS) is 18.9. The molecule has 3 atom stereocenters. The minimum Gasteiger partial charge on any atom is -0.297 e. The van der Waals surface area contributed by atoms with Crippen LogP contribution in [0.25, 0.3) is 0 Å². The van der Waals surface area contributed by atoms with Crippen LogP contribution >= 0.6 is 11.8 Å². The molecule has 2 nitrogen and oxygen atoms in total. The zero-order valence-electron chi connectivity index (χ0n) is 11.5. The molecule has 0 radical (unpaired) electrons. The third-order valence-corrected chi connectivity index (χ3v) is 4.02. The van der Waals surface area contributed by atoms with Crippen LogP contribution in [0.1, 0.15) is 54.4 Å². The van der Waals surface area contributed by atoms with Gasteiger partial charge < -0.3 is 0 Å². The molecule has 0 aliphatic rings. The zero-order chi connectivity index (χ0) is 12.8.